The quantitative estimate of drug-likeness (QED) is 0.753. The Morgan fingerprint density at radius 1 is 1.44 bits per heavy atom. The molecule has 0 rings (SSSR count). The lowest BCUT2D eigenvalue weighted by atomic mass is 10.2. The van der Waals surface area contributed by atoms with Crippen LogP contribution in [0.3, 0.4) is 0 Å². The molecule has 2 N–H and O–H groups in total. The second kappa shape index (κ2) is 6.62. The number of carbonyl (C=O) groups is 2. The summed E-state index contributed by atoms with van der Waals surface area (Å²) in [5.74, 6) is -2.20. The number of rotatable bonds is 6. The fourth-order valence-corrected chi connectivity index (χ4v) is 1.39. The summed E-state index contributed by atoms with van der Waals surface area (Å²) in [5.41, 5.74) is 0. The summed E-state index contributed by atoms with van der Waals surface area (Å²) in [4.78, 5) is 21.4. The molecule has 0 heterocycles. The molecule has 1 atom stereocenters. The Kier molecular flexibility index (Phi) is 6.24. The van der Waals surface area contributed by atoms with Crippen LogP contribution in [0.4, 0.5) is 13.2 Å². The highest BCUT2D eigenvalue weighted by molar-refractivity contribution is 7.98. The first-order chi connectivity index (χ1) is 7.26. The first-order valence-corrected chi connectivity index (χ1v) is 5.73. The average Bonchev–Trinajstić information content (AvgIpc) is 2.08. The van der Waals surface area contributed by atoms with Gasteiger partial charge < -0.3 is 10.4 Å². The van der Waals surface area contributed by atoms with Gasteiger partial charge in [-0.25, -0.2) is 4.79 Å². The standard InChI is InChI=1S/C8H12F3NO3S/c1-16-3-2-5(7(14)15)12-6(13)4-8(9,10)11/h5H,2-4H2,1H3,(H,12,13)(H,14,15)/t5-/m1/s1. The number of nitrogens with one attached hydrogen (secondary N) is 1. The third kappa shape index (κ3) is 7.38. The van der Waals surface area contributed by atoms with Crippen LogP contribution in [0.25, 0.3) is 0 Å². The molecule has 4 nitrogen and oxygen atoms in total. The Bertz CT molecular complexity index is 257. The number of hydrogen-bond acceptors (Lipinski definition) is 3. The Labute approximate surface area is 94.6 Å². The van der Waals surface area contributed by atoms with Crippen LogP contribution in [-0.4, -0.2) is 41.2 Å². The summed E-state index contributed by atoms with van der Waals surface area (Å²) in [6.45, 7) is 0. The molecular formula is C8H12F3NO3S. The van der Waals surface area contributed by atoms with Gasteiger partial charge in [0.05, 0.1) is 0 Å². The maximum absolute atomic E-state index is 11.8. The molecule has 0 aromatic rings. The number of amides is 1. The van der Waals surface area contributed by atoms with Crippen molar-refractivity contribution < 1.29 is 27.9 Å². The summed E-state index contributed by atoms with van der Waals surface area (Å²) >= 11 is 1.35. The Morgan fingerprint density at radius 2 is 2.00 bits per heavy atom. The smallest absolute Gasteiger partial charge is 0.397 e. The third-order valence-corrected chi connectivity index (χ3v) is 2.25. The predicted octanol–water partition coefficient (Wildman–Crippen LogP) is 1.26. The van der Waals surface area contributed by atoms with Gasteiger partial charge in [-0.05, 0) is 18.4 Å². The maximum atomic E-state index is 11.8. The molecule has 1 amide bonds. The van der Waals surface area contributed by atoms with Gasteiger partial charge in [0.25, 0.3) is 0 Å². The second-order valence-electron chi connectivity index (χ2n) is 3.03. The highest BCUT2D eigenvalue weighted by atomic mass is 32.2. The molecular weight excluding hydrogens is 247 g/mol. The van der Waals surface area contributed by atoms with E-state index in [0.29, 0.717) is 5.75 Å². The number of alkyl halides is 3. The number of carbonyl (C=O) groups excluding carboxylic acids is 1. The zero-order valence-electron chi connectivity index (χ0n) is 8.50. The van der Waals surface area contributed by atoms with Crippen molar-refractivity contribution in [2.75, 3.05) is 12.0 Å². The fourth-order valence-electron chi connectivity index (χ4n) is 0.920. The number of halogens is 3. The minimum absolute atomic E-state index is 0.0973. The van der Waals surface area contributed by atoms with Crippen molar-refractivity contribution in [1.29, 1.82) is 0 Å². The topological polar surface area (TPSA) is 66.4 Å². The van der Waals surface area contributed by atoms with Crippen LogP contribution >= 0.6 is 11.8 Å². The van der Waals surface area contributed by atoms with Crippen LogP contribution < -0.4 is 5.32 Å². The number of aliphatic carboxylic acids is 1. The van der Waals surface area contributed by atoms with Crippen molar-refractivity contribution in [3.8, 4) is 0 Å². The summed E-state index contributed by atoms with van der Waals surface area (Å²) < 4.78 is 35.4. The molecule has 0 aliphatic carbocycles. The number of carboxylic acids is 1. The Balaban J connectivity index is 4.19. The van der Waals surface area contributed by atoms with E-state index < -0.39 is 30.5 Å². The average molecular weight is 259 g/mol. The minimum Gasteiger partial charge on any atom is -0.480 e. The molecule has 0 aromatic carbocycles. The molecule has 0 unspecified atom stereocenters. The fraction of sp³-hybridized carbons (Fsp3) is 0.750. The molecule has 16 heavy (non-hydrogen) atoms. The monoisotopic (exact) mass is 259 g/mol. The van der Waals surface area contributed by atoms with Crippen LogP contribution in [0, 0.1) is 0 Å². The van der Waals surface area contributed by atoms with Crippen molar-refractivity contribution in [3.63, 3.8) is 0 Å². The lowest BCUT2D eigenvalue weighted by Gasteiger charge is -2.14. The van der Waals surface area contributed by atoms with E-state index in [2.05, 4.69) is 0 Å². The summed E-state index contributed by atoms with van der Waals surface area (Å²) in [6, 6.07) is -1.26. The van der Waals surface area contributed by atoms with E-state index >= 15 is 0 Å². The first kappa shape index (κ1) is 15.1. The molecule has 0 fully saturated rings. The van der Waals surface area contributed by atoms with Crippen LogP contribution in [0.5, 0.6) is 0 Å². The number of hydrogen-bond donors (Lipinski definition) is 2. The molecule has 0 aliphatic rings. The minimum atomic E-state index is -4.62. The highest BCUT2D eigenvalue weighted by Gasteiger charge is 2.32. The lowest BCUT2D eigenvalue weighted by Crippen LogP contribution is -2.42. The maximum Gasteiger partial charge on any atom is 0.397 e. The Hall–Kier alpha value is -0.920. The van der Waals surface area contributed by atoms with E-state index in [1.165, 1.54) is 11.8 Å². The van der Waals surface area contributed by atoms with E-state index in [1.807, 2.05) is 5.32 Å². The van der Waals surface area contributed by atoms with Crippen molar-refractivity contribution in [3.05, 3.63) is 0 Å². The SMILES string of the molecule is CSCC[C@@H](NC(=O)CC(F)(F)F)C(=O)O. The summed E-state index contributed by atoms with van der Waals surface area (Å²) in [5, 5.41) is 10.5. The van der Waals surface area contributed by atoms with Crippen LogP contribution in [0.2, 0.25) is 0 Å². The molecule has 0 aromatic heterocycles. The zero-order chi connectivity index (χ0) is 12.8. The van der Waals surface area contributed by atoms with E-state index in [-0.39, 0.29) is 6.42 Å². The van der Waals surface area contributed by atoms with Gasteiger partial charge in [0.15, 0.2) is 0 Å². The van der Waals surface area contributed by atoms with Crippen molar-refractivity contribution in [2.24, 2.45) is 0 Å². The molecule has 0 spiro atoms. The normalized spacial score (nSPS) is 13.2. The number of thioether (sulfide) groups is 1. The van der Waals surface area contributed by atoms with E-state index in [9.17, 15) is 22.8 Å². The molecule has 8 heteroatoms. The molecule has 0 aliphatic heterocycles. The zero-order valence-corrected chi connectivity index (χ0v) is 9.32. The van der Waals surface area contributed by atoms with Gasteiger partial charge in [-0.2, -0.15) is 24.9 Å². The molecule has 94 valence electrons. The van der Waals surface area contributed by atoms with Gasteiger partial charge in [-0.1, -0.05) is 0 Å². The molecule has 0 saturated heterocycles. The van der Waals surface area contributed by atoms with Gasteiger partial charge in [-0.15, -0.1) is 0 Å². The van der Waals surface area contributed by atoms with Gasteiger partial charge in [0.2, 0.25) is 5.91 Å². The second-order valence-corrected chi connectivity index (χ2v) is 4.02. The largest absolute Gasteiger partial charge is 0.480 e. The highest BCUT2D eigenvalue weighted by Crippen LogP contribution is 2.19. The van der Waals surface area contributed by atoms with E-state index in [4.69, 9.17) is 5.11 Å². The van der Waals surface area contributed by atoms with Crippen molar-refractivity contribution in [2.45, 2.75) is 25.1 Å². The van der Waals surface area contributed by atoms with Crippen LogP contribution in [-0.2, 0) is 9.59 Å². The number of carboxylic acid groups (broad SMARTS) is 1. The van der Waals surface area contributed by atoms with Crippen molar-refractivity contribution >= 4 is 23.6 Å². The molecule has 0 radical (unpaired) electrons. The van der Waals surface area contributed by atoms with E-state index in [1.54, 1.807) is 6.26 Å². The lowest BCUT2D eigenvalue weighted by molar-refractivity contribution is -0.156. The van der Waals surface area contributed by atoms with Gasteiger partial charge in [0, 0.05) is 0 Å². The van der Waals surface area contributed by atoms with E-state index in [0.717, 1.165) is 0 Å². The van der Waals surface area contributed by atoms with Gasteiger partial charge in [0.1, 0.15) is 12.5 Å². The summed E-state index contributed by atoms with van der Waals surface area (Å²) in [7, 11) is 0. The first-order valence-electron chi connectivity index (χ1n) is 4.34. The molecule has 0 saturated carbocycles. The Morgan fingerprint density at radius 3 is 2.38 bits per heavy atom. The van der Waals surface area contributed by atoms with Crippen LogP contribution in [0.15, 0.2) is 0 Å². The third-order valence-electron chi connectivity index (χ3n) is 1.60. The molecule has 0 bridgehead atoms. The van der Waals surface area contributed by atoms with Crippen LogP contribution in [0.1, 0.15) is 12.8 Å². The predicted molar refractivity (Wildman–Crippen MR) is 53.2 cm³/mol. The summed E-state index contributed by atoms with van der Waals surface area (Å²) in [6.07, 6.45) is -4.45. The van der Waals surface area contributed by atoms with Gasteiger partial charge in [-0.3, -0.25) is 4.79 Å². The van der Waals surface area contributed by atoms with Crippen molar-refractivity contribution in [1.82, 2.24) is 5.32 Å². The van der Waals surface area contributed by atoms with Gasteiger partial charge >= 0.3 is 12.1 Å².